The SMILES string of the molecule is CN1CCC[C@H]1CNC(=O)c1cccc(N2CCCC2=O)c1. The summed E-state index contributed by atoms with van der Waals surface area (Å²) in [6.45, 7) is 2.53. The minimum Gasteiger partial charge on any atom is -0.350 e. The van der Waals surface area contributed by atoms with Crippen LogP contribution in [0.5, 0.6) is 0 Å². The van der Waals surface area contributed by atoms with Gasteiger partial charge in [0.2, 0.25) is 5.91 Å². The molecule has 1 N–H and O–H groups in total. The second kappa shape index (κ2) is 6.48. The van der Waals surface area contributed by atoms with Gasteiger partial charge in [0, 0.05) is 36.8 Å². The number of carbonyl (C=O) groups is 2. The van der Waals surface area contributed by atoms with E-state index in [1.54, 1.807) is 11.0 Å². The summed E-state index contributed by atoms with van der Waals surface area (Å²) in [6, 6.07) is 7.80. The highest BCUT2D eigenvalue weighted by Crippen LogP contribution is 2.22. The number of anilines is 1. The van der Waals surface area contributed by atoms with Gasteiger partial charge in [0.15, 0.2) is 0 Å². The molecule has 1 aromatic rings. The second-order valence-electron chi connectivity index (χ2n) is 6.19. The number of hydrogen-bond acceptors (Lipinski definition) is 3. The standard InChI is InChI=1S/C17H23N3O2/c1-19-9-3-7-15(19)12-18-17(22)13-5-2-6-14(11-13)20-10-4-8-16(20)21/h2,5-6,11,15H,3-4,7-10,12H2,1H3,(H,18,22)/t15-/m0/s1. The second-order valence-corrected chi connectivity index (χ2v) is 6.19. The maximum atomic E-state index is 12.3. The molecule has 22 heavy (non-hydrogen) atoms. The largest absolute Gasteiger partial charge is 0.350 e. The number of carbonyl (C=O) groups excluding carboxylic acids is 2. The van der Waals surface area contributed by atoms with E-state index in [4.69, 9.17) is 0 Å². The molecule has 5 nitrogen and oxygen atoms in total. The number of rotatable bonds is 4. The highest BCUT2D eigenvalue weighted by molar-refractivity contribution is 5.99. The summed E-state index contributed by atoms with van der Waals surface area (Å²) in [4.78, 5) is 28.2. The Balaban J connectivity index is 1.64. The Kier molecular flexibility index (Phi) is 4.43. The molecule has 118 valence electrons. The minimum absolute atomic E-state index is 0.0613. The number of nitrogens with zero attached hydrogens (tertiary/aromatic N) is 2. The summed E-state index contributed by atoms with van der Waals surface area (Å²) in [5.74, 6) is 0.0823. The molecular formula is C17H23N3O2. The van der Waals surface area contributed by atoms with Crippen molar-refractivity contribution in [2.45, 2.75) is 31.7 Å². The summed E-state index contributed by atoms with van der Waals surface area (Å²) in [7, 11) is 2.10. The van der Waals surface area contributed by atoms with E-state index in [1.165, 1.54) is 6.42 Å². The Labute approximate surface area is 131 Å². The van der Waals surface area contributed by atoms with Gasteiger partial charge in [-0.1, -0.05) is 6.07 Å². The third-order valence-corrected chi connectivity index (χ3v) is 4.66. The van der Waals surface area contributed by atoms with Gasteiger partial charge in [-0.25, -0.2) is 0 Å². The van der Waals surface area contributed by atoms with Crippen molar-refractivity contribution in [3.05, 3.63) is 29.8 Å². The molecule has 0 saturated carbocycles. The monoisotopic (exact) mass is 301 g/mol. The molecule has 0 radical (unpaired) electrons. The summed E-state index contributed by atoms with van der Waals surface area (Å²) in [5.41, 5.74) is 1.45. The first kappa shape index (κ1) is 15.0. The highest BCUT2D eigenvalue weighted by Gasteiger charge is 2.23. The summed E-state index contributed by atoms with van der Waals surface area (Å²) in [5, 5.41) is 3.02. The molecule has 2 amide bonds. The van der Waals surface area contributed by atoms with Gasteiger partial charge in [-0.3, -0.25) is 9.59 Å². The first-order chi connectivity index (χ1) is 10.6. The molecule has 1 atom stereocenters. The average Bonchev–Trinajstić information content (AvgIpc) is 3.13. The maximum absolute atomic E-state index is 12.3. The zero-order valence-corrected chi connectivity index (χ0v) is 13.0. The van der Waals surface area contributed by atoms with Gasteiger partial charge in [0.05, 0.1) is 0 Å². The van der Waals surface area contributed by atoms with Crippen molar-refractivity contribution in [2.75, 3.05) is 31.6 Å². The molecule has 1 aromatic carbocycles. The predicted octanol–water partition coefficient (Wildman–Crippen LogP) is 1.64. The van der Waals surface area contributed by atoms with Crippen molar-refractivity contribution >= 4 is 17.5 Å². The van der Waals surface area contributed by atoms with Gasteiger partial charge in [-0.15, -0.1) is 0 Å². The van der Waals surface area contributed by atoms with Gasteiger partial charge >= 0.3 is 0 Å². The Bertz CT molecular complexity index is 573. The molecule has 0 spiro atoms. The fourth-order valence-electron chi connectivity index (χ4n) is 3.29. The number of hydrogen-bond donors (Lipinski definition) is 1. The topological polar surface area (TPSA) is 52.7 Å². The predicted molar refractivity (Wildman–Crippen MR) is 86.0 cm³/mol. The van der Waals surface area contributed by atoms with Gasteiger partial charge in [-0.2, -0.15) is 0 Å². The fourth-order valence-corrected chi connectivity index (χ4v) is 3.29. The van der Waals surface area contributed by atoms with Crippen LogP contribution in [0.2, 0.25) is 0 Å². The quantitative estimate of drug-likeness (QED) is 0.920. The van der Waals surface area contributed by atoms with Crippen LogP contribution in [0.15, 0.2) is 24.3 Å². The lowest BCUT2D eigenvalue weighted by atomic mass is 10.1. The zero-order chi connectivity index (χ0) is 15.5. The number of benzene rings is 1. The van der Waals surface area contributed by atoms with Crippen molar-refractivity contribution in [3.8, 4) is 0 Å². The summed E-state index contributed by atoms with van der Waals surface area (Å²) >= 11 is 0. The summed E-state index contributed by atoms with van der Waals surface area (Å²) in [6.07, 6.45) is 3.83. The van der Waals surface area contributed by atoms with Crippen molar-refractivity contribution in [1.82, 2.24) is 10.2 Å². The van der Waals surface area contributed by atoms with Gasteiger partial charge < -0.3 is 15.1 Å². The Morgan fingerprint density at radius 3 is 2.86 bits per heavy atom. The Morgan fingerprint density at radius 2 is 2.18 bits per heavy atom. The van der Waals surface area contributed by atoms with Crippen molar-refractivity contribution < 1.29 is 9.59 Å². The molecule has 5 heteroatoms. The minimum atomic E-state index is -0.0613. The average molecular weight is 301 g/mol. The summed E-state index contributed by atoms with van der Waals surface area (Å²) < 4.78 is 0. The molecule has 2 fully saturated rings. The Hall–Kier alpha value is -1.88. The maximum Gasteiger partial charge on any atom is 0.251 e. The van der Waals surface area contributed by atoms with Crippen LogP contribution in [0.25, 0.3) is 0 Å². The molecule has 2 saturated heterocycles. The van der Waals surface area contributed by atoms with Gasteiger partial charge in [0.25, 0.3) is 5.91 Å². The first-order valence-electron chi connectivity index (χ1n) is 8.04. The molecule has 3 rings (SSSR count). The molecule has 0 unspecified atom stereocenters. The fraction of sp³-hybridized carbons (Fsp3) is 0.529. The number of likely N-dealkylation sites (tertiary alicyclic amines) is 1. The van der Waals surface area contributed by atoms with E-state index in [-0.39, 0.29) is 11.8 Å². The lowest BCUT2D eigenvalue weighted by Gasteiger charge is -2.20. The van der Waals surface area contributed by atoms with Gasteiger partial charge in [-0.05, 0) is 51.1 Å². The van der Waals surface area contributed by atoms with Crippen molar-refractivity contribution in [3.63, 3.8) is 0 Å². The molecule has 2 aliphatic heterocycles. The smallest absolute Gasteiger partial charge is 0.251 e. The van der Waals surface area contributed by atoms with Crippen LogP contribution in [0.4, 0.5) is 5.69 Å². The van der Waals surface area contributed by atoms with Crippen LogP contribution in [-0.4, -0.2) is 49.4 Å². The van der Waals surface area contributed by atoms with E-state index in [9.17, 15) is 9.59 Å². The Morgan fingerprint density at radius 1 is 1.32 bits per heavy atom. The van der Waals surface area contributed by atoms with Crippen LogP contribution in [0.3, 0.4) is 0 Å². The van der Waals surface area contributed by atoms with Crippen LogP contribution in [-0.2, 0) is 4.79 Å². The van der Waals surface area contributed by atoms with E-state index < -0.39 is 0 Å². The number of amides is 2. The van der Waals surface area contributed by atoms with E-state index in [0.717, 1.165) is 31.6 Å². The molecular weight excluding hydrogens is 278 g/mol. The zero-order valence-electron chi connectivity index (χ0n) is 13.0. The van der Waals surface area contributed by atoms with E-state index in [1.807, 2.05) is 18.2 Å². The van der Waals surface area contributed by atoms with E-state index in [2.05, 4.69) is 17.3 Å². The number of nitrogens with one attached hydrogen (secondary N) is 1. The lowest BCUT2D eigenvalue weighted by molar-refractivity contribution is -0.117. The third-order valence-electron chi connectivity index (χ3n) is 4.66. The normalized spacial score (nSPS) is 22.3. The molecule has 0 bridgehead atoms. The number of likely N-dealkylation sites (N-methyl/N-ethyl adjacent to an activating group) is 1. The first-order valence-corrected chi connectivity index (χ1v) is 8.04. The molecule has 0 aliphatic carbocycles. The van der Waals surface area contributed by atoms with Crippen LogP contribution in [0, 0.1) is 0 Å². The third kappa shape index (κ3) is 3.14. The molecule has 2 heterocycles. The van der Waals surface area contributed by atoms with Gasteiger partial charge in [0.1, 0.15) is 0 Å². The van der Waals surface area contributed by atoms with E-state index >= 15 is 0 Å². The van der Waals surface area contributed by atoms with Crippen LogP contribution < -0.4 is 10.2 Å². The molecule has 0 aromatic heterocycles. The van der Waals surface area contributed by atoms with E-state index in [0.29, 0.717) is 24.6 Å². The highest BCUT2D eigenvalue weighted by atomic mass is 16.2. The van der Waals surface area contributed by atoms with Crippen LogP contribution >= 0.6 is 0 Å². The van der Waals surface area contributed by atoms with Crippen molar-refractivity contribution in [1.29, 1.82) is 0 Å². The lowest BCUT2D eigenvalue weighted by Crippen LogP contribution is -2.38. The van der Waals surface area contributed by atoms with Crippen LogP contribution in [0.1, 0.15) is 36.0 Å². The van der Waals surface area contributed by atoms with Crippen molar-refractivity contribution in [2.24, 2.45) is 0 Å². The molecule has 2 aliphatic rings.